The quantitative estimate of drug-likeness (QED) is 0.853. The summed E-state index contributed by atoms with van der Waals surface area (Å²) in [7, 11) is 0. The van der Waals surface area contributed by atoms with E-state index >= 15 is 0 Å². The number of carboxylic acids is 1. The molecule has 0 aromatic carbocycles. The van der Waals surface area contributed by atoms with E-state index in [1.807, 2.05) is 0 Å². The van der Waals surface area contributed by atoms with Crippen LogP contribution in [0.25, 0.3) is 0 Å². The number of carbonyl (C=O) groups is 1. The van der Waals surface area contributed by atoms with Crippen LogP contribution in [0.15, 0.2) is 6.07 Å². The first-order valence-electron chi connectivity index (χ1n) is 4.36. The molecule has 1 aromatic heterocycles. The van der Waals surface area contributed by atoms with E-state index in [1.54, 1.807) is 6.07 Å². The van der Waals surface area contributed by atoms with Crippen LogP contribution in [0.2, 0.25) is 0 Å². The molecule has 0 spiro atoms. The number of hydrogen-bond acceptors (Lipinski definition) is 3. The molecule has 6 heteroatoms. The second-order valence-corrected chi connectivity index (χ2v) is 3.17. The van der Waals surface area contributed by atoms with Gasteiger partial charge in [0.2, 0.25) is 0 Å². The van der Waals surface area contributed by atoms with Crippen molar-refractivity contribution in [1.29, 1.82) is 5.26 Å². The van der Waals surface area contributed by atoms with Gasteiger partial charge >= 0.3 is 5.97 Å². The zero-order valence-electron chi connectivity index (χ0n) is 8.37. The Labute approximate surface area is 90.2 Å². The Morgan fingerprint density at radius 3 is 2.75 bits per heavy atom. The fourth-order valence-corrected chi connectivity index (χ4v) is 1.30. The average molecular weight is 226 g/mol. The molecular formula is C10H8F2N2O2. The molecule has 84 valence electrons. The average Bonchev–Trinajstić information content (AvgIpc) is 2.19. The Morgan fingerprint density at radius 2 is 2.31 bits per heavy atom. The fraction of sp³-hybridized carbons (Fsp3) is 0.300. The van der Waals surface area contributed by atoms with Gasteiger partial charge in [0.05, 0.1) is 6.42 Å². The van der Waals surface area contributed by atoms with Crippen LogP contribution in [-0.2, 0) is 11.2 Å². The Hall–Kier alpha value is -2.03. The number of aromatic nitrogens is 1. The van der Waals surface area contributed by atoms with Gasteiger partial charge in [-0.25, -0.2) is 13.8 Å². The molecule has 0 atom stereocenters. The van der Waals surface area contributed by atoms with Crippen molar-refractivity contribution in [3.8, 4) is 6.07 Å². The van der Waals surface area contributed by atoms with Gasteiger partial charge in [-0.2, -0.15) is 5.26 Å². The molecule has 0 radical (unpaired) electrons. The maximum atomic E-state index is 12.4. The van der Waals surface area contributed by atoms with Crippen molar-refractivity contribution in [2.75, 3.05) is 0 Å². The van der Waals surface area contributed by atoms with Gasteiger partial charge in [0.25, 0.3) is 6.43 Å². The van der Waals surface area contributed by atoms with Crippen LogP contribution in [0.1, 0.15) is 28.9 Å². The molecule has 0 saturated carbocycles. The van der Waals surface area contributed by atoms with Gasteiger partial charge in [-0.3, -0.25) is 4.79 Å². The van der Waals surface area contributed by atoms with Gasteiger partial charge in [-0.15, -0.1) is 0 Å². The lowest BCUT2D eigenvalue weighted by molar-refractivity contribution is -0.136. The second-order valence-electron chi connectivity index (χ2n) is 3.17. The highest BCUT2D eigenvalue weighted by atomic mass is 19.3. The van der Waals surface area contributed by atoms with Gasteiger partial charge in [-0.05, 0) is 18.6 Å². The summed E-state index contributed by atoms with van der Waals surface area (Å²) < 4.78 is 24.7. The lowest BCUT2D eigenvalue weighted by atomic mass is 10.0. The Morgan fingerprint density at radius 1 is 1.69 bits per heavy atom. The number of alkyl halides is 2. The van der Waals surface area contributed by atoms with E-state index in [0.717, 1.165) is 6.07 Å². The van der Waals surface area contributed by atoms with Crippen LogP contribution in [-0.4, -0.2) is 16.1 Å². The van der Waals surface area contributed by atoms with Crippen LogP contribution in [0, 0.1) is 18.3 Å². The third kappa shape index (κ3) is 2.51. The molecule has 0 amide bonds. The Balaban J connectivity index is 3.30. The van der Waals surface area contributed by atoms with Gasteiger partial charge in [-0.1, -0.05) is 0 Å². The van der Waals surface area contributed by atoms with E-state index < -0.39 is 24.5 Å². The standard InChI is InChI=1S/C10H8F2N2O2/c1-5-2-7(10(11)12)14-8(4-13)6(5)3-9(15)16/h2,10H,3H2,1H3,(H,15,16). The van der Waals surface area contributed by atoms with Crippen molar-refractivity contribution in [2.24, 2.45) is 0 Å². The summed E-state index contributed by atoms with van der Waals surface area (Å²) in [6.07, 6.45) is -3.17. The zero-order chi connectivity index (χ0) is 12.3. The van der Waals surface area contributed by atoms with Crippen LogP contribution in [0.3, 0.4) is 0 Å². The molecule has 16 heavy (non-hydrogen) atoms. The predicted octanol–water partition coefficient (Wildman–Crippen LogP) is 1.83. The van der Waals surface area contributed by atoms with E-state index in [0.29, 0.717) is 5.56 Å². The smallest absolute Gasteiger partial charge is 0.307 e. The van der Waals surface area contributed by atoms with Crippen LogP contribution in [0.5, 0.6) is 0 Å². The molecule has 0 aliphatic carbocycles. The molecule has 0 fully saturated rings. The second kappa shape index (κ2) is 4.66. The zero-order valence-corrected chi connectivity index (χ0v) is 8.37. The maximum Gasteiger partial charge on any atom is 0.307 e. The number of aliphatic carboxylic acids is 1. The predicted molar refractivity (Wildman–Crippen MR) is 50.0 cm³/mol. The number of carboxylic acid groups (broad SMARTS) is 1. The minimum atomic E-state index is -2.77. The summed E-state index contributed by atoms with van der Waals surface area (Å²) in [4.78, 5) is 14.0. The lowest BCUT2D eigenvalue weighted by Gasteiger charge is -2.07. The molecule has 0 unspecified atom stereocenters. The van der Waals surface area contributed by atoms with Gasteiger partial charge in [0.1, 0.15) is 17.5 Å². The lowest BCUT2D eigenvalue weighted by Crippen LogP contribution is -2.08. The highest BCUT2D eigenvalue weighted by molar-refractivity contribution is 5.71. The van der Waals surface area contributed by atoms with Crippen LogP contribution >= 0.6 is 0 Å². The maximum absolute atomic E-state index is 12.4. The van der Waals surface area contributed by atoms with E-state index in [1.165, 1.54) is 6.92 Å². The summed E-state index contributed by atoms with van der Waals surface area (Å²) in [6, 6.07) is 2.73. The highest BCUT2D eigenvalue weighted by Gasteiger charge is 2.17. The molecule has 0 aliphatic heterocycles. The Kier molecular flexibility index (Phi) is 3.51. The van der Waals surface area contributed by atoms with E-state index in [4.69, 9.17) is 10.4 Å². The van der Waals surface area contributed by atoms with Crippen molar-refractivity contribution in [2.45, 2.75) is 19.8 Å². The van der Waals surface area contributed by atoms with Crippen LogP contribution in [0.4, 0.5) is 8.78 Å². The van der Waals surface area contributed by atoms with E-state index in [9.17, 15) is 13.6 Å². The van der Waals surface area contributed by atoms with Crippen molar-refractivity contribution in [3.63, 3.8) is 0 Å². The highest BCUT2D eigenvalue weighted by Crippen LogP contribution is 2.21. The summed E-state index contributed by atoms with van der Waals surface area (Å²) in [6.45, 7) is 1.48. The first-order chi connectivity index (χ1) is 7.45. The fourth-order valence-electron chi connectivity index (χ4n) is 1.30. The normalized spacial score (nSPS) is 10.2. The molecule has 4 nitrogen and oxygen atoms in total. The van der Waals surface area contributed by atoms with Gasteiger partial charge in [0, 0.05) is 5.56 Å². The van der Waals surface area contributed by atoms with Gasteiger partial charge < -0.3 is 5.11 Å². The number of nitriles is 1. The third-order valence-electron chi connectivity index (χ3n) is 2.02. The summed E-state index contributed by atoms with van der Waals surface area (Å²) in [5, 5.41) is 17.3. The minimum absolute atomic E-state index is 0.180. The van der Waals surface area contributed by atoms with Crippen molar-refractivity contribution >= 4 is 5.97 Å². The first kappa shape index (κ1) is 12.0. The van der Waals surface area contributed by atoms with E-state index in [-0.39, 0.29) is 11.3 Å². The minimum Gasteiger partial charge on any atom is -0.481 e. The molecule has 1 rings (SSSR count). The molecule has 1 aromatic rings. The monoisotopic (exact) mass is 226 g/mol. The largest absolute Gasteiger partial charge is 0.481 e. The SMILES string of the molecule is Cc1cc(C(F)F)nc(C#N)c1CC(=O)O. The third-order valence-corrected chi connectivity index (χ3v) is 2.02. The number of nitrogens with zero attached hydrogens (tertiary/aromatic N) is 2. The Bertz CT molecular complexity index is 467. The number of pyridine rings is 1. The van der Waals surface area contributed by atoms with Crippen molar-refractivity contribution in [1.82, 2.24) is 4.98 Å². The van der Waals surface area contributed by atoms with E-state index in [2.05, 4.69) is 4.98 Å². The number of rotatable bonds is 3. The summed E-state index contributed by atoms with van der Waals surface area (Å²) >= 11 is 0. The molecule has 0 aliphatic rings. The molecule has 0 saturated heterocycles. The molecule has 1 N–H and O–H groups in total. The molecule has 0 bridgehead atoms. The molecule has 1 heterocycles. The van der Waals surface area contributed by atoms with Crippen molar-refractivity contribution in [3.05, 3.63) is 28.6 Å². The topological polar surface area (TPSA) is 74.0 Å². The van der Waals surface area contributed by atoms with Gasteiger partial charge in [0.15, 0.2) is 0 Å². The summed E-state index contributed by atoms with van der Waals surface area (Å²) in [5.74, 6) is -1.13. The first-order valence-corrected chi connectivity index (χ1v) is 4.36. The van der Waals surface area contributed by atoms with Crippen LogP contribution < -0.4 is 0 Å². The number of aryl methyl sites for hydroxylation is 1. The summed E-state index contributed by atoms with van der Waals surface area (Å²) in [5.41, 5.74) is -0.246. The molecular weight excluding hydrogens is 218 g/mol. The number of halogens is 2. The number of hydrogen-bond donors (Lipinski definition) is 1. The van der Waals surface area contributed by atoms with Crippen molar-refractivity contribution < 1.29 is 18.7 Å².